The van der Waals surface area contributed by atoms with Crippen LogP contribution >= 0.6 is 0 Å². The fourth-order valence-electron chi connectivity index (χ4n) is 3.66. The normalized spacial score (nSPS) is 12.1. The summed E-state index contributed by atoms with van der Waals surface area (Å²) >= 11 is 0. The third-order valence-electron chi connectivity index (χ3n) is 5.10. The summed E-state index contributed by atoms with van der Waals surface area (Å²) in [5.41, 5.74) is 10.1. The number of hydrogen-bond donors (Lipinski definition) is 1. The van der Waals surface area contributed by atoms with Crippen LogP contribution in [-0.4, -0.2) is 39.1 Å². The van der Waals surface area contributed by atoms with Crippen LogP contribution in [0.15, 0.2) is 30.3 Å². The van der Waals surface area contributed by atoms with Gasteiger partial charge in [0, 0.05) is 29.1 Å². The van der Waals surface area contributed by atoms with Gasteiger partial charge in [-0.1, -0.05) is 20.8 Å². The molecule has 0 saturated carbocycles. The molecular weight excluding hydrogens is 406 g/mol. The van der Waals surface area contributed by atoms with Crippen molar-refractivity contribution in [2.45, 2.75) is 53.9 Å². The Bertz CT molecular complexity index is 1070. The number of amides is 1. The van der Waals surface area contributed by atoms with Gasteiger partial charge in [0.25, 0.3) is 5.91 Å². The van der Waals surface area contributed by atoms with Crippen LogP contribution in [0.2, 0.25) is 0 Å². The molecule has 3 heterocycles. The number of ether oxygens (including phenoxy) is 2. The molecule has 2 aromatic heterocycles. The average Bonchev–Trinajstić information content (AvgIpc) is 3.32. The Labute approximate surface area is 188 Å². The number of nitrogens with zero attached hydrogens (tertiary/aromatic N) is 4. The number of aromatic nitrogens is 3. The van der Waals surface area contributed by atoms with E-state index in [-0.39, 0.29) is 5.91 Å². The smallest absolute Gasteiger partial charge is 0.254 e. The maximum Gasteiger partial charge on any atom is 0.254 e. The number of carbonyl (C=O) groups is 1. The molecule has 0 radical (unpaired) electrons. The number of fused-ring (bicyclic) bond motifs is 3. The molecule has 2 N–H and O–H groups in total. The van der Waals surface area contributed by atoms with Crippen molar-refractivity contribution in [3.8, 4) is 5.88 Å². The molecule has 1 aromatic carbocycles. The Kier molecular flexibility index (Phi) is 7.94. The summed E-state index contributed by atoms with van der Waals surface area (Å²) in [6.45, 7) is 10.4. The van der Waals surface area contributed by atoms with Crippen LogP contribution in [0.5, 0.6) is 5.88 Å². The van der Waals surface area contributed by atoms with Gasteiger partial charge in [-0.2, -0.15) is 5.10 Å². The number of hydrogen-bond acceptors (Lipinski definition) is 7. The SMILES string of the molecule is CC.CCCN(Cc1ccc(OCC)nn1)C(=O)c1ccc2nc(N)c3c(c2c1)COC3. The van der Waals surface area contributed by atoms with Gasteiger partial charge in [-0.15, -0.1) is 5.10 Å². The molecule has 8 nitrogen and oxygen atoms in total. The van der Waals surface area contributed by atoms with Crippen molar-refractivity contribution in [1.29, 1.82) is 0 Å². The number of pyridine rings is 1. The highest BCUT2D eigenvalue weighted by atomic mass is 16.5. The summed E-state index contributed by atoms with van der Waals surface area (Å²) in [6, 6.07) is 9.15. The van der Waals surface area contributed by atoms with Crippen LogP contribution in [0.4, 0.5) is 5.82 Å². The van der Waals surface area contributed by atoms with Crippen molar-refractivity contribution in [3.63, 3.8) is 0 Å². The summed E-state index contributed by atoms with van der Waals surface area (Å²) in [5, 5.41) is 9.17. The van der Waals surface area contributed by atoms with Gasteiger partial charge in [0.15, 0.2) is 0 Å². The molecule has 0 fully saturated rings. The van der Waals surface area contributed by atoms with Crippen molar-refractivity contribution >= 4 is 22.6 Å². The maximum atomic E-state index is 13.3. The Morgan fingerprint density at radius 2 is 1.91 bits per heavy atom. The Morgan fingerprint density at radius 3 is 2.59 bits per heavy atom. The molecule has 0 bridgehead atoms. The van der Waals surface area contributed by atoms with Crippen molar-refractivity contribution in [3.05, 3.63) is 52.7 Å². The van der Waals surface area contributed by atoms with Crippen molar-refractivity contribution < 1.29 is 14.3 Å². The third-order valence-corrected chi connectivity index (χ3v) is 5.10. The number of benzene rings is 1. The van der Waals surface area contributed by atoms with E-state index in [2.05, 4.69) is 15.2 Å². The predicted molar refractivity (Wildman–Crippen MR) is 124 cm³/mol. The number of carbonyl (C=O) groups excluding carboxylic acids is 1. The van der Waals surface area contributed by atoms with Crippen molar-refractivity contribution in [1.82, 2.24) is 20.1 Å². The lowest BCUT2D eigenvalue weighted by Crippen LogP contribution is -2.31. The van der Waals surface area contributed by atoms with E-state index in [0.717, 1.165) is 28.5 Å². The summed E-state index contributed by atoms with van der Waals surface area (Å²) in [7, 11) is 0. The van der Waals surface area contributed by atoms with Crippen LogP contribution in [0, 0.1) is 0 Å². The molecule has 3 aromatic rings. The molecule has 0 aliphatic carbocycles. The molecule has 1 aliphatic heterocycles. The largest absolute Gasteiger partial charge is 0.477 e. The standard InChI is InChI=1S/C22H25N5O3.C2H6/c1-3-9-27(11-15-6-8-20(26-25-15)30-4-2)22(28)14-5-7-19-16(10-14)17-12-29-13-18(17)21(23)24-19;1-2/h5-8,10H,3-4,9,11-13H2,1-2H3,(H2,23,24);1-2H3. The molecule has 8 heteroatoms. The quantitative estimate of drug-likeness (QED) is 0.593. The number of anilines is 1. The van der Waals surface area contributed by atoms with Gasteiger partial charge in [0.05, 0.1) is 37.6 Å². The number of nitrogens with two attached hydrogens (primary N) is 1. The van der Waals surface area contributed by atoms with E-state index in [9.17, 15) is 4.79 Å². The Hall–Kier alpha value is -3.26. The van der Waals surface area contributed by atoms with E-state index in [0.29, 0.717) is 55.9 Å². The average molecular weight is 438 g/mol. The van der Waals surface area contributed by atoms with Crippen molar-refractivity contribution in [2.75, 3.05) is 18.9 Å². The summed E-state index contributed by atoms with van der Waals surface area (Å²) in [5.74, 6) is 0.918. The third kappa shape index (κ3) is 4.96. The summed E-state index contributed by atoms with van der Waals surface area (Å²) in [4.78, 5) is 19.5. The van der Waals surface area contributed by atoms with Crippen LogP contribution in [0.1, 0.15) is 61.3 Å². The van der Waals surface area contributed by atoms with Gasteiger partial charge in [-0.3, -0.25) is 4.79 Å². The molecule has 4 rings (SSSR count). The van der Waals surface area contributed by atoms with E-state index >= 15 is 0 Å². The lowest BCUT2D eigenvalue weighted by molar-refractivity contribution is 0.0741. The van der Waals surface area contributed by atoms with E-state index in [4.69, 9.17) is 15.2 Å². The van der Waals surface area contributed by atoms with Crippen LogP contribution < -0.4 is 10.5 Å². The van der Waals surface area contributed by atoms with E-state index in [1.54, 1.807) is 17.0 Å². The van der Waals surface area contributed by atoms with E-state index in [1.165, 1.54) is 0 Å². The zero-order valence-corrected chi connectivity index (χ0v) is 19.2. The first-order valence-electron chi connectivity index (χ1n) is 11.1. The number of rotatable bonds is 7. The molecule has 0 saturated heterocycles. The molecule has 0 atom stereocenters. The second-order valence-electron chi connectivity index (χ2n) is 7.20. The fraction of sp³-hybridized carbons (Fsp3) is 0.417. The predicted octanol–water partition coefficient (Wildman–Crippen LogP) is 4.11. The van der Waals surface area contributed by atoms with Gasteiger partial charge in [0.1, 0.15) is 5.82 Å². The lowest BCUT2D eigenvalue weighted by Gasteiger charge is -2.22. The first-order chi connectivity index (χ1) is 15.6. The van der Waals surface area contributed by atoms with Gasteiger partial charge in [-0.25, -0.2) is 4.98 Å². The highest BCUT2D eigenvalue weighted by molar-refractivity contribution is 5.99. The Morgan fingerprint density at radius 1 is 1.12 bits per heavy atom. The first kappa shape index (κ1) is 23.4. The molecular formula is C24H31N5O3. The highest BCUT2D eigenvalue weighted by Crippen LogP contribution is 2.31. The minimum Gasteiger partial charge on any atom is -0.477 e. The van der Waals surface area contributed by atoms with Crippen LogP contribution in [-0.2, 0) is 24.5 Å². The maximum absolute atomic E-state index is 13.3. The van der Waals surface area contributed by atoms with Gasteiger partial charge < -0.3 is 20.1 Å². The zero-order chi connectivity index (χ0) is 23.1. The second-order valence-corrected chi connectivity index (χ2v) is 7.20. The monoisotopic (exact) mass is 437 g/mol. The minimum absolute atomic E-state index is 0.0566. The van der Waals surface area contributed by atoms with Crippen LogP contribution in [0.3, 0.4) is 0 Å². The van der Waals surface area contributed by atoms with E-state index < -0.39 is 0 Å². The van der Waals surface area contributed by atoms with Gasteiger partial charge in [0.2, 0.25) is 5.88 Å². The van der Waals surface area contributed by atoms with Gasteiger partial charge >= 0.3 is 0 Å². The molecule has 32 heavy (non-hydrogen) atoms. The Balaban J connectivity index is 0.00000141. The topological polar surface area (TPSA) is 103 Å². The fourth-order valence-corrected chi connectivity index (χ4v) is 3.66. The molecule has 1 aliphatic rings. The summed E-state index contributed by atoms with van der Waals surface area (Å²) < 4.78 is 10.9. The molecule has 1 amide bonds. The van der Waals surface area contributed by atoms with Gasteiger partial charge in [-0.05, 0) is 43.2 Å². The molecule has 0 spiro atoms. The highest BCUT2D eigenvalue weighted by Gasteiger charge is 2.22. The second kappa shape index (κ2) is 10.9. The van der Waals surface area contributed by atoms with Crippen molar-refractivity contribution in [2.24, 2.45) is 0 Å². The molecule has 0 unspecified atom stereocenters. The zero-order valence-electron chi connectivity index (χ0n) is 19.2. The molecule has 170 valence electrons. The minimum atomic E-state index is -0.0566. The number of nitrogen functional groups attached to an aromatic ring is 1. The van der Waals surface area contributed by atoms with E-state index in [1.807, 2.05) is 45.9 Å². The summed E-state index contributed by atoms with van der Waals surface area (Å²) in [6.07, 6.45) is 0.838. The van der Waals surface area contributed by atoms with Crippen LogP contribution in [0.25, 0.3) is 10.9 Å². The first-order valence-corrected chi connectivity index (χ1v) is 11.1. The lowest BCUT2D eigenvalue weighted by atomic mass is 10.0.